The summed E-state index contributed by atoms with van der Waals surface area (Å²) in [7, 11) is 0. The van der Waals surface area contributed by atoms with Crippen LogP contribution in [0.1, 0.15) is 6.92 Å². The summed E-state index contributed by atoms with van der Waals surface area (Å²) in [5.41, 5.74) is 0.563. The van der Waals surface area contributed by atoms with E-state index in [0.717, 1.165) is 0 Å². The number of rotatable bonds is 4. The van der Waals surface area contributed by atoms with Gasteiger partial charge in [-0.3, -0.25) is 0 Å². The Labute approximate surface area is 108 Å². The van der Waals surface area contributed by atoms with Gasteiger partial charge in [0.1, 0.15) is 5.75 Å². The fourth-order valence-corrected chi connectivity index (χ4v) is 1.57. The number of ether oxygens (including phenoxy) is 1. The number of carboxylic acids is 1. The third-order valence-electron chi connectivity index (χ3n) is 2.30. The van der Waals surface area contributed by atoms with Crippen LogP contribution in [-0.2, 0) is 4.79 Å². The van der Waals surface area contributed by atoms with E-state index >= 15 is 0 Å². The van der Waals surface area contributed by atoms with Gasteiger partial charge in [-0.2, -0.15) is 0 Å². The van der Waals surface area contributed by atoms with Crippen molar-refractivity contribution in [2.24, 2.45) is 0 Å². The van der Waals surface area contributed by atoms with Crippen molar-refractivity contribution in [2.45, 2.75) is 13.0 Å². The lowest BCUT2D eigenvalue weighted by atomic mass is 10.1. The number of benzene rings is 1. The van der Waals surface area contributed by atoms with Gasteiger partial charge < -0.3 is 14.4 Å². The zero-order chi connectivity index (χ0) is 13.1. The zero-order valence-electron chi connectivity index (χ0n) is 9.46. The quantitative estimate of drug-likeness (QED) is 0.922. The van der Waals surface area contributed by atoms with Gasteiger partial charge in [-0.1, -0.05) is 16.8 Å². The van der Waals surface area contributed by atoms with Crippen LogP contribution in [0.2, 0.25) is 5.02 Å². The van der Waals surface area contributed by atoms with Crippen molar-refractivity contribution in [1.82, 2.24) is 5.16 Å². The van der Waals surface area contributed by atoms with Gasteiger partial charge >= 0.3 is 5.97 Å². The molecule has 18 heavy (non-hydrogen) atoms. The molecule has 1 aromatic heterocycles. The van der Waals surface area contributed by atoms with E-state index in [1.807, 2.05) is 0 Å². The third-order valence-corrected chi connectivity index (χ3v) is 2.53. The fraction of sp³-hybridized carbons (Fsp3) is 0.167. The van der Waals surface area contributed by atoms with E-state index in [9.17, 15) is 4.79 Å². The molecule has 0 aliphatic heterocycles. The number of aliphatic carboxylic acids is 1. The Morgan fingerprint density at radius 1 is 1.50 bits per heavy atom. The van der Waals surface area contributed by atoms with Gasteiger partial charge in [0.25, 0.3) is 0 Å². The number of hydrogen-bond acceptors (Lipinski definition) is 4. The van der Waals surface area contributed by atoms with Crippen molar-refractivity contribution in [2.75, 3.05) is 0 Å². The first-order valence-electron chi connectivity index (χ1n) is 5.18. The maximum absolute atomic E-state index is 10.8. The number of halogens is 1. The van der Waals surface area contributed by atoms with Crippen LogP contribution in [0.15, 0.2) is 35.0 Å². The van der Waals surface area contributed by atoms with Crippen molar-refractivity contribution < 1.29 is 19.2 Å². The second kappa shape index (κ2) is 5.10. The predicted octanol–water partition coefficient (Wildman–Crippen LogP) is 2.85. The molecule has 94 valence electrons. The van der Waals surface area contributed by atoms with Gasteiger partial charge in [-0.05, 0) is 25.1 Å². The molecule has 0 aliphatic rings. The lowest BCUT2D eigenvalue weighted by Gasteiger charge is -2.13. The second-order valence-electron chi connectivity index (χ2n) is 3.62. The van der Waals surface area contributed by atoms with Crippen LogP contribution < -0.4 is 4.74 Å². The minimum Gasteiger partial charge on any atom is -0.479 e. The van der Waals surface area contributed by atoms with Gasteiger partial charge in [0.05, 0.1) is 11.8 Å². The SMILES string of the molecule is CC(Oc1ccc(Cl)cc1-c1ccno1)C(=O)O. The smallest absolute Gasteiger partial charge is 0.344 e. The lowest BCUT2D eigenvalue weighted by molar-refractivity contribution is -0.144. The monoisotopic (exact) mass is 267 g/mol. The largest absolute Gasteiger partial charge is 0.479 e. The molecule has 0 fully saturated rings. The molecule has 0 radical (unpaired) electrons. The fourth-order valence-electron chi connectivity index (χ4n) is 1.39. The van der Waals surface area contributed by atoms with Crippen molar-refractivity contribution >= 4 is 17.6 Å². The highest BCUT2D eigenvalue weighted by atomic mass is 35.5. The topological polar surface area (TPSA) is 72.6 Å². The number of carbonyl (C=O) groups is 1. The molecule has 0 bridgehead atoms. The normalized spacial score (nSPS) is 12.1. The first-order valence-corrected chi connectivity index (χ1v) is 5.56. The Morgan fingerprint density at radius 2 is 2.28 bits per heavy atom. The maximum atomic E-state index is 10.8. The van der Waals surface area contributed by atoms with Crippen molar-refractivity contribution in [3.8, 4) is 17.1 Å². The Hall–Kier alpha value is -2.01. The summed E-state index contributed by atoms with van der Waals surface area (Å²) in [6.45, 7) is 1.45. The second-order valence-corrected chi connectivity index (χ2v) is 4.05. The summed E-state index contributed by atoms with van der Waals surface area (Å²) in [6, 6.07) is 6.49. The molecule has 1 atom stereocenters. The molecule has 1 heterocycles. The number of hydrogen-bond donors (Lipinski definition) is 1. The Morgan fingerprint density at radius 3 is 2.89 bits per heavy atom. The van der Waals surface area contributed by atoms with E-state index in [4.69, 9.17) is 26.0 Å². The Bertz CT molecular complexity index is 553. The van der Waals surface area contributed by atoms with Crippen molar-refractivity contribution in [1.29, 1.82) is 0 Å². The summed E-state index contributed by atoms with van der Waals surface area (Å²) >= 11 is 5.90. The van der Waals surface area contributed by atoms with Crippen molar-refractivity contribution in [3.63, 3.8) is 0 Å². The van der Waals surface area contributed by atoms with E-state index < -0.39 is 12.1 Å². The van der Waals surface area contributed by atoms with Gasteiger partial charge in [0.2, 0.25) is 0 Å². The minimum absolute atomic E-state index is 0.381. The van der Waals surface area contributed by atoms with Crippen LogP contribution in [-0.4, -0.2) is 22.3 Å². The van der Waals surface area contributed by atoms with Gasteiger partial charge in [0, 0.05) is 11.1 Å². The zero-order valence-corrected chi connectivity index (χ0v) is 10.2. The van der Waals surface area contributed by atoms with Gasteiger partial charge in [-0.25, -0.2) is 4.79 Å². The molecule has 6 heteroatoms. The van der Waals surface area contributed by atoms with Crippen LogP contribution in [0, 0.1) is 0 Å². The van der Waals surface area contributed by atoms with Crippen molar-refractivity contribution in [3.05, 3.63) is 35.5 Å². The summed E-state index contributed by atoms with van der Waals surface area (Å²) in [5, 5.41) is 12.9. The number of nitrogens with zero attached hydrogens (tertiary/aromatic N) is 1. The van der Waals surface area contributed by atoms with E-state index in [-0.39, 0.29) is 0 Å². The van der Waals surface area contributed by atoms with Crippen LogP contribution >= 0.6 is 11.6 Å². The third kappa shape index (κ3) is 2.62. The number of aromatic nitrogens is 1. The van der Waals surface area contributed by atoms with E-state index in [1.54, 1.807) is 24.3 Å². The summed E-state index contributed by atoms with van der Waals surface area (Å²) in [5.74, 6) is -0.204. The molecule has 0 spiro atoms. The van der Waals surface area contributed by atoms with Crippen LogP contribution in [0.3, 0.4) is 0 Å². The highest BCUT2D eigenvalue weighted by molar-refractivity contribution is 6.30. The maximum Gasteiger partial charge on any atom is 0.344 e. The average molecular weight is 268 g/mol. The van der Waals surface area contributed by atoms with E-state index in [0.29, 0.717) is 22.1 Å². The van der Waals surface area contributed by atoms with Gasteiger partial charge in [0.15, 0.2) is 11.9 Å². The Kier molecular flexibility index (Phi) is 3.53. The molecular formula is C12H10ClNO4. The van der Waals surface area contributed by atoms with Crippen LogP contribution in [0.25, 0.3) is 11.3 Å². The molecule has 0 saturated carbocycles. The Balaban J connectivity index is 2.38. The highest BCUT2D eigenvalue weighted by Gasteiger charge is 2.17. The van der Waals surface area contributed by atoms with Crippen LogP contribution in [0.5, 0.6) is 5.75 Å². The molecule has 2 rings (SSSR count). The first kappa shape index (κ1) is 12.4. The molecule has 2 aromatic rings. The molecular weight excluding hydrogens is 258 g/mol. The van der Waals surface area contributed by atoms with Crippen LogP contribution in [0.4, 0.5) is 0 Å². The average Bonchev–Trinajstić information content (AvgIpc) is 2.84. The molecule has 0 amide bonds. The highest BCUT2D eigenvalue weighted by Crippen LogP contribution is 2.33. The standard InChI is InChI=1S/C12H10ClNO4/c1-7(12(15)16)17-10-3-2-8(13)6-9(10)11-4-5-14-18-11/h2-7H,1H3,(H,15,16). The molecule has 0 aliphatic carbocycles. The predicted molar refractivity (Wildman–Crippen MR) is 64.7 cm³/mol. The molecule has 1 unspecified atom stereocenters. The molecule has 1 N–H and O–H groups in total. The minimum atomic E-state index is -1.05. The molecule has 1 aromatic carbocycles. The number of carboxylic acid groups (broad SMARTS) is 1. The first-order chi connectivity index (χ1) is 8.58. The summed E-state index contributed by atoms with van der Waals surface area (Å²) < 4.78 is 10.4. The summed E-state index contributed by atoms with van der Waals surface area (Å²) in [6.07, 6.45) is 0.522. The van der Waals surface area contributed by atoms with E-state index in [2.05, 4.69) is 5.16 Å². The lowest BCUT2D eigenvalue weighted by Crippen LogP contribution is -2.23. The van der Waals surface area contributed by atoms with E-state index in [1.165, 1.54) is 13.1 Å². The van der Waals surface area contributed by atoms with Gasteiger partial charge in [-0.15, -0.1) is 0 Å². The summed E-state index contributed by atoms with van der Waals surface area (Å²) in [4.78, 5) is 10.8. The molecule has 0 saturated heterocycles. The molecule has 5 nitrogen and oxygen atoms in total.